The van der Waals surface area contributed by atoms with E-state index in [2.05, 4.69) is 14.7 Å². The van der Waals surface area contributed by atoms with E-state index in [0.29, 0.717) is 16.1 Å². The summed E-state index contributed by atoms with van der Waals surface area (Å²) in [6.45, 7) is 0.0207. The van der Waals surface area contributed by atoms with Gasteiger partial charge in [0.15, 0.2) is 5.69 Å². The number of pyridine rings is 1. The number of hydrogen-bond acceptors (Lipinski definition) is 7. The molecule has 2 aromatic heterocycles. The smallest absolute Gasteiger partial charge is 0.270 e. The van der Waals surface area contributed by atoms with E-state index >= 15 is 0 Å². The van der Waals surface area contributed by atoms with E-state index in [9.17, 15) is 14.4 Å². The molecule has 5 N–H and O–H groups in total. The van der Waals surface area contributed by atoms with Crippen LogP contribution in [0.25, 0.3) is 0 Å². The largest absolute Gasteiger partial charge is 0.395 e. The highest BCUT2D eigenvalue weighted by Gasteiger charge is 2.36. The van der Waals surface area contributed by atoms with Gasteiger partial charge in [0.2, 0.25) is 5.91 Å². The summed E-state index contributed by atoms with van der Waals surface area (Å²) < 4.78 is 3.96. The predicted octanol–water partition coefficient (Wildman–Crippen LogP) is 3.74. The SMILES string of the molecule is Cl.NC(=O)c1nsc(C(=O)N(Cc2ccccc2Cl)C(C(=O)NC2CCCC2)c2ccncc2)c1N. The van der Waals surface area contributed by atoms with Gasteiger partial charge in [-0.2, -0.15) is 4.37 Å². The van der Waals surface area contributed by atoms with Gasteiger partial charge in [-0.05, 0) is 53.7 Å². The lowest BCUT2D eigenvalue weighted by atomic mass is 10.0. The fourth-order valence-corrected chi connectivity index (χ4v) is 5.18. The number of anilines is 1. The Morgan fingerprint density at radius 2 is 1.81 bits per heavy atom. The van der Waals surface area contributed by atoms with E-state index in [0.717, 1.165) is 37.2 Å². The van der Waals surface area contributed by atoms with Crippen molar-refractivity contribution >= 4 is 58.9 Å². The van der Waals surface area contributed by atoms with Gasteiger partial charge in [0, 0.05) is 30.0 Å². The lowest BCUT2D eigenvalue weighted by Gasteiger charge is -2.32. The number of primary amides is 1. The summed E-state index contributed by atoms with van der Waals surface area (Å²) in [6, 6.07) is 9.51. The van der Waals surface area contributed by atoms with Crippen LogP contribution in [0.2, 0.25) is 5.02 Å². The number of benzene rings is 1. The van der Waals surface area contributed by atoms with Crippen molar-refractivity contribution < 1.29 is 14.4 Å². The summed E-state index contributed by atoms with van der Waals surface area (Å²) in [7, 11) is 0. The zero-order chi connectivity index (χ0) is 24.9. The van der Waals surface area contributed by atoms with E-state index in [4.69, 9.17) is 23.1 Å². The molecule has 36 heavy (non-hydrogen) atoms. The Morgan fingerprint density at radius 3 is 2.42 bits per heavy atom. The Morgan fingerprint density at radius 1 is 1.14 bits per heavy atom. The van der Waals surface area contributed by atoms with Gasteiger partial charge in [0.05, 0.1) is 5.69 Å². The van der Waals surface area contributed by atoms with Gasteiger partial charge >= 0.3 is 0 Å². The molecule has 1 fully saturated rings. The second-order valence-corrected chi connectivity index (χ2v) is 9.52. The van der Waals surface area contributed by atoms with E-state index in [1.165, 1.54) is 4.90 Å². The fraction of sp³-hybridized carbons (Fsp3) is 0.292. The van der Waals surface area contributed by atoms with Crippen LogP contribution in [0.15, 0.2) is 48.8 Å². The number of hydrogen-bond donors (Lipinski definition) is 3. The van der Waals surface area contributed by atoms with Crippen molar-refractivity contribution in [1.29, 1.82) is 0 Å². The summed E-state index contributed by atoms with van der Waals surface area (Å²) in [5, 5.41) is 3.55. The maximum Gasteiger partial charge on any atom is 0.270 e. The number of nitrogens with zero attached hydrogens (tertiary/aromatic N) is 3. The molecule has 1 aliphatic rings. The number of carbonyl (C=O) groups is 3. The molecular weight excluding hydrogens is 523 g/mol. The number of aromatic nitrogens is 2. The third-order valence-electron chi connectivity index (χ3n) is 6.00. The molecule has 1 unspecified atom stereocenters. The number of nitrogen functional groups attached to an aromatic ring is 1. The molecule has 0 aliphatic heterocycles. The quantitative estimate of drug-likeness (QED) is 0.391. The van der Waals surface area contributed by atoms with Crippen LogP contribution < -0.4 is 16.8 Å². The average Bonchev–Trinajstić information content (AvgIpc) is 3.49. The molecule has 1 saturated carbocycles. The lowest BCUT2D eigenvalue weighted by molar-refractivity contribution is -0.126. The number of nitrogens with one attached hydrogen (secondary N) is 1. The first-order valence-corrected chi connectivity index (χ1v) is 12.3. The lowest BCUT2D eigenvalue weighted by Crippen LogP contribution is -2.46. The molecule has 0 radical (unpaired) electrons. The average molecular weight is 549 g/mol. The number of carbonyl (C=O) groups excluding carboxylic acids is 3. The van der Waals surface area contributed by atoms with Crippen LogP contribution in [0, 0.1) is 0 Å². The molecule has 190 valence electrons. The molecule has 0 saturated heterocycles. The van der Waals surface area contributed by atoms with Crippen molar-refractivity contribution in [3.63, 3.8) is 0 Å². The number of rotatable bonds is 8. The van der Waals surface area contributed by atoms with Gasteiger partial charge in [-0.1, -0.05) is 42.6 Å². The van der Waals surface area contributed by atoms with Crippen LogP contribution >= 0.6 is 35.5 Å². The molecule has 3 aromatic rings. The number of halogens is 2. The van der Waals surface area contributed by atoms with Gasteiger partial charge in [0.25, 0.3) is 11.8 Å². The van der Waals surface area contributed by atoms with Crippen LogP contribution in [-0.2, 0) is 11.3 Å². The van der Waals surface area contributed by atoms with Crippen LogP contribution in [0.4, 0.5) is 5.69 Å². The Labute approximate surface area is 223 Å². The van der Waals surface area contributed by atoms with Crippen molar-refractivity contribution in [3.05, 3.63) is 75.5 Å². The minimum atomic E-state index is -0.999. The van der Waals surface area contributed by atoms with Gasteiger partial charge in [-0.25, -0.2) is 0 Å². The highest BCUT2D eigenvalue weighted by Crippen LogP contribution is 2.32. The highest BCUT2D eigenvalue weighted by atomic mass is 35.5. The van der Waals surface area contributed by atoms with E-state index in [1.54, 1.807) is 48.8 Å². The highest BCUT2D eigenvalue weighted by molar-refractivity contribution is 7.09. The summed E-state index contributed by atoms with van der Waals surface area (Å²) in [5.41, 5.74) is 12.4. The Kier molecular flexibility index (Phi) is 9.25. The fourth-order valence-electron chi connectivity index (χ4n) is 4.22. The van der Waals surface area contributed by atoms with Gasteiger partial charge in [0.1, 0.15) is 10.9 Å². The van der Waals surface area contributed by atoms with Crippen molar-refractivity contribution in [2.45, 2.75) is 44.3 Å². The van der Waals surface area contributed by atoms with E-state index in [1.807, 2.05) is 0 Å². The summed E-state index contributed by atoms with van der Waals surface area (Å²) in [6.07, 6.45) is 6.99. The number of amides is 3. The molecular formula is C24H26Cl2N6O3S. The Bertz CT molecular complexity index is 1230. The summed E-state index contributed by atoms with van der Waals surface area (Å²) >= 11 is 7.19. The van der Waals surface area contributed by atoms with Crippen molar-refractivity contribution in [1.82, 2.24) is 19.6 Å². The molecule has 9 nitrogen and oxygen atoms in total. The predicted molar refractivity (Wildman–Crippen MR) is 141 cm³/mol. The Balaban J connectivity index is 0.00000361. The van der Waals surface area contributed by atoms with Gasteiger partial charge in [-0.15, -0.1) is 12.4 Å². The molecule has 1 aromatic carbocycles. The topological polar surface area (TPSA) is 144 Å². The van der Waals surface area contributed by atoms with Gasteiger partial charge < -0.3 is 21.7 Å². The van der Waals surface area contributed by atoms with Crippen LogP contribution in [-0.4, -0.2) is 38.0 Å². The maximum absolute atomic E-state index is 13.9. The minimum Gasteiger partial charge on any atom is -0.395 e. The first-order chi connectivity index (χ1) is 16.9. The van der Waals surface area contributed by atoms with Crippen LogP contribution in [0.5, 0.6) is 0 Å². The summed E-state index contributed by atoms with van der Waals surface area (Å²) in [5.74, 6) is -1.71. The van der Waals surface area contributed by atoms with E-state index < -0.39 is 17.9 Å². The van der Waals surface area contributed by atoms with Crippen molar-refractivity contribution in [3.8, 4) is 0 Å². The van der Waals surface area contributed by atoms with E-state index in [-0.39, 0.29) is 47.2 Å². The normalized spacial score (nSPS) is 14.0. The second kappa shape index (κ2) is 12.2. The first kappa shape index (κ1) is 27.4. The van der Waals surface area contributed by atoms with Crippen molar-refractivity contribution in [2.24, 2.45) is 5.73 Å². The molecule has 4 rings (SSSR count). The molecule has 0 spiro atoms. The number of nitrogens with two attached hydrogens (primary N) is 2. The molecule has 12 heteroatoms. The second-order valence-electron chi connectivity index (χ2n) is 8.34. The summed E-state index contributed by atoms with van der Waals surface area (Å²) in [4.78, 5) is 44.7. The third-order valence-corrected chi connectivity index (χ3v) is 7.22. The van der Waals surface area contributed by atoms with Gasteiger partial charge in [-0.3, -0.25) is 19.4 Å². The zero-order valence-electron chi connectivity index (χ0n) is 19.2. The Hall–Kier alpha value is -3.21. The van der Waals surface area contributed by atoms with Crippen LogP contribution in [0.3, 0.4) is 0 Å². The first-order valence-electron chi connectivity index (χ1n) is 11.2. The molecule has 0 bridgehead atoms. The van der Waals surface area contributed by atoms with Crippen LogP contribution in [0.1, 0.15) is 63.0 Å². The minimum absolute atomic E-state index is 0. The molecule has 3 amide bonds. The standard InChI is InChI=1S/C24H25ClN6O3S.ClH/c25-17-8-4-1-5-15(17)13-31(24(34)21-18(26)19(22(27)32)30-35-21)20(14-9-11-28-12-10-14)23(33)29-16-6-2-3-7-16;/h1,4-5,8-12,16,20H,2-3,6-7,13,26H2,(H2,27,32)(H,29,33);1H. The van der Waals surface area contributed by atoms with Crippen molar-refractivity contribution in [2.75, 3.05) is 5.73 Å². The molecule has 1 atom stereocenters. The molecule has 1 aliphatic carbocycles. The monoisotopic (exact) mass is 548 g/mol. The zero-order valence-corrected chi connectivity index (χ0v) is 21.6. The maximum atomic E-state index is 13.9. The third kappa shape index (κ3) is 5.95. The molecule has 2 heterocycles.